The average Bonchev–Trinajstić information content (AvgIpc) is 2.39. The van der Waals surface area contributed by atoms with Crippen molar-refractivity contribution < 1.29 is 4.39 Å². The van der Waals surface area contributed by atoms with Crippen molar-refractivity contribution in [2.75, 3.05) is 5.32 Å². The predicted molar refractivity (Wildman–Crippen MR) is 78.6 cm³/mol. The number of pyridine rings is 1. The molecule has 0 aliphatic rings. The average molecular weight is 275 g/mol. The Morgan fingerprint density at radius 1 is 1.37 bits per heavy atom. The molecule has 0 saturated carbocycles. The van der Waals surface area contributed by atoms with E-state index in [0.717, 1.165) is 5.56 Å². The number of nitrogens with one attached hydrogen (secondary N) is 1. The van der Waals surface area contributed by atoms with Crippen LogP contribution in [0.5, 0.6) is 0 Å². The molecule has 5 heteroatoms. The van der Waals surface area contributed by atoms with Crippen LogP contribution in [0.2, 0.25) is 0 Å². The number of nitrogens with zero attached hydrogens (tertiary/aromatic N) is 1. The molecule has 2 aromatic rings. The second-order valence-electron chi connectivity index (χ2n) is 4.18. The molecule has 1 heterocycles. The maximum Gasteiger partial charge on any atom is 0.136 e. The molecule has 0 bridgehead atoms. The standard InChI is InChI=1S/C14H14FN3S/c1-9(10-4-2-5-11(15)8-10)18-14-12(13(16)19)6-3-7-17-14/h2-9H,1H3,(H2,16,19)(H,17,18). The first-order chi connectivity index (χ1) is 9.08. The second kappa shape index (κ2) is 5.75. The number of thiocarbonyl (C=S) groups is 1. The highest BCUT2D eigenvalue weighted by Gasteiger charge is 2.11. The maximum absolute atomic E-state index is 13.2. The first kappa shape index (κ1) is 13.4. The van der Waals surface area contributed by atoms with Gasteiger partial charge in [0.05, 0.1) is 11.6 Å². The molecule has 98 valence electrons. The molecular weight excluding hydrogens is 261 g/mol. The number of anilines is 1. The Balaban J connectivity index is 2.24. The van der Waals surface area contributed by atoms with Gasteiger partial charge in [-0.1, -0.05) is 24.4 Å². The predicted octanol–water partition coefficient (Wildman–Crippen LogP) is 3.03. The van der Waals surface area contributed by atoms with Crippen molar-refractivity contribution in [3.05, 3.63) is 59.5 Å². The van der Waals surface area contributed by atoms with Crippen LogP contribution < -0.4 is 11.1 Å². The Kier molecular flexibility index (Phi) is 4.06. The van der Waals surface area contributed by atoms with E-state index in [1.165, 1.54) is 12.1 Å². The van der Waals surface area contributed by atoms with Crippen molar-refractivity contribution in [2.45, 2.75) is 13.0 Å². The lowest BCUT2D eigenvalue weighted by atomic mass is 10.1. The van der Waals surface area contributed by atoms with Crippen molar-refractivity contribution in [2.24, 2.45) is 5.73 Å². The van der Waals surface area contributed by atoms with Crippen LogP contribution in [-0.4, -0.2) is 9.97 Å². The van der Waals surface area contributed by atoms with Crippen LogP contribution in [0.15, 0.2) is 42.6 Å². The fourth-order valence-electron chi connectivity index (χ4n) is 1.78. The Hall–Kier alpha value is -2.01. The highest BCUT2D eigenvalue weighted by atomic mass is 32.1. The van der Waals surface area contributed by atoms with Gasteiger partial charge in [-0.25, -0.2) is 9.37 Å². The van der Waals surface area contributed by atoms with Crippen LogP contribution in [0.4, 0.5) is 10.2 Å². The smallest absolute Gasteiger partial charge is 0.136 e. The van der Waals surface area contributed by atoms with E-state index in [1.54, 1.807) is 24.4 Å². The minimum absolute atomic E-state index is 0.0984. The molecule has 3 nitrogen and oxygen atoms in total. The summed E-state index contributed by atoms with van der Waals surface area (Å²) in [5.74, 6) is 0.341. The molecule has 1 aromatic carbocycles. The summed E-state index contributed by atoms with van der Waals surface area (Å²) in [5.41, 5.74) is 7.16. The Bertz CT molecular complexity index is 601. The van der Waals surface area contributed by atoms with Crippen molar-refractivity contribution >= 4 is 23.0 Å². The van der Waals surface area contributed by atoms with Gasteiger partial charge >= 0.3 is 0 Å². The zero-order valence-electron chi connectivity index (χ0n) is 10.4. The van der Waals surface area contributed by atoms with E-state index in [0.29, 0.717) is 11.4 Å². The zero-order valence-corrected chi connectivity index (χ0v) is 11.2. The second-order valence-corrected chi connectivity index (χ2v) is 4.62. The molecule has 1 aromatic heterocycles. The third kappa shape index (κ3) is 3.26. The first-order valence-electron chi connectivity index (χ1n) is 5.84. The van der Waals surface area contributed by atoms with Gasteiger partial charge in [-0.15, -0.1) is 0 Å². The number of rotatable bonds is 4. The first-order valence-corrected chi connectivity index (χ1v) is 6.25. The SMILES string of the molecule is CC(Nc1ncccc1C(N)=S)c1cccc(F)c1. The van der Waals surface area contributed by atoms with Crippen LogP contribution in [0.1, 0.15) is 24.1 Å². The molecular formula is C14H14FN3S. The van der Waals surface area contributed by atoms with E-state index in [-0.39, 0.29) is 16.8 Å². The lowest BCUT2D eigenvalue weighted by Crippen LogP contribution is -2.16. The van der Waals surface area contributed by atoms with Crippen LogP contribution in [0.25, 0.3) is 0 Å². The molecule has 0 spiro atoms. The van der Waals surface area contributed by atoms with Crippen molar-refractivity contribution in [1.29, 1.82) is 0 Å². The molecule has 19 heavy (non-hydrogen) atoms. The number of benzene rings is 1. The van der Waals surface area contributed by atoms with Gasteiger partial charge in [0, 0.05) is 6.20 Å². The van der Waals surface area contributed by atoms with E-state index in [4.69, 9.17) is 18.0 Å². The largest absolute Gasteiger partial charge is 0.389 e. The summed E-state index contributed by atoms with van der Waals surface area (Å²) in [5, 5.41) is 3.19. The summed E-state index contributed by atoms with van der Waals surface area (Å²) < 4.78 is 13.2. The van der Waals surface area contributed by atoms with Crippen LogP contribution in [0.3, 0.4) is 0 Å². The number of hydrogen-bond acceptors (Lipinski definition) is 3. The molecule has 2 rings (SSSR count). The van der Waals surface area contributed by atoms with Crippen LogP contribution in [0, 0.1) is 5.82 Å². The van der Waals surface area contributed by atoms with Crippen molar-refractivity contribution in [1.82, 2.24) is 4.98 Å². The third-order valence-corrected chi connectivity index (χ3v) is 2.99. The normalized spacial score (nSPS) is 11.9. The zero-order chi connectivity index (χ0) is 13.8. The Morgan fingerprint density at radius 3 is 2.84 bits per heavy atom. The van der Waals surface area contributed by atoms with Gasteiger partial charge in [-0.2, -0.15) is 0 Å². The topological polar surface area (TPSA) is 50.9 Å². The van der Waals surface area contributed by atoms with Gasteiger partial charge in [-0.05, 0) is 36.8 Å². The lowest BCUT2D eigenvalue weighted by Gasteiger charge is -2.17. The highest BCUT2D eigenvalue weighted by molar-refractivity contribution is 7.80. The molecule has 0 fully saturated rings. The summed E-state index contributed by atoms with van der Waals surface area (Å²) >= 11 is 4.98. The minimum atomic E-state index is -0.262. The number of nitrogens with two attached hydrogens (primary N) is 1. The fourth-order valence-corrected chi connectivity index (χ4v) is 1.95. The van der Waals surface area contributed by atoms with Gasteiger partial charge in [0.1, 0.15) is 16.6 Å². The fraction of sp³-hybridized carbons (Fsp3) is 0.143. The molecule has 1 atom stereocenters. The van der Waals surface area contributed by atoms with E-state index in [2.05, 4.69) is 10.3 Å². The summed E-state index contributed by atoms with van der Waals surface area (Å²) in [6.07, 6.45) is 1.66. The monoisotopic (exact) mass is 275 g/mol. The van der Waals surface area contributed by atoms with Crippen LogP contribution >= 0.6 is 12.2 Å². The quantitative estimate of drug-likeness (QED) is 0.842. The molecule has 3 N–H and O–H groups in total. The molecule has 0 aliphatic heterocycles. The van der Waals surface area contributed by atoms with Gasteiger partial charge in [0.2, 0.25) is 0 Å². The van der Waals surface area contributed by atoms with E-state index >= 15 is 0 Å². The highest BCUT2D eigenvalue weighted by Crippen LogP contribution is 2.20. The van der Waals surface area contributed by atoms with Crippen LogP contribution in [-0.2, 0) is 0 Å². The summed E-state index contributed by atoms with van der Waals surface area (Å²) in [7, 11) is 0. The summed E-state index contributed by atoms with van der Waals surface area (Å²) in [6, 6.07) is 9.90. The van der Waals surface area contributed by atoms with E-state index in [1.807, 2.05) is 13.0 Å². The van der Waals surface area contributed by atoms with Gasteiger partial charge in [0.15, 0.2) is 0 Å². The summed E-state index contributed by atoms with van der Waals surface area (Å²) in [6.45, 7) is 1.92. The van der Waals surface area contributed by atoms with E-state index in [9.17, 15) is 4.39 Å². The molecule has 1 unspecified atom stereocenters. The van der Waals surface area contributed by atoms with Crippen molar-refractivity contribution in [3.8, 4) is 0 Å². The van der Waals surface area contributed by atoms with E-state index < -0.39 is 0 Å². The summed E-state index contributed by atoms with van der Waals surface area (Å²) in [4.78, 5) is 4.50. The van der Waals surface area contributed by atoms with Gasteiger partial charge < -0.3 is 11.1 Å². The molecule has 0 aliphatic carbocycles. The minimum Gasteiger partial charge on any atom is -0.389 e. The Morgan fingerprint density at radius 2 is 2.16 bits per heavy atom. The Labute approximate surface area is 116 Å². The lowest BCUT2D eigenvalue weighted by molar-refractivity contribution is 0.623. The molecule has 0 saturated heterocycles. The third-order valence-electron chi connectivity index (χ3n) is 2.78. The number of hydrogen-bond donors (Lipinski definition) is 2. The van der Waals surface area contributed by atoms with Gasteiger partial charge in [-0.3, -0.25) is 0 Å². The van der Waals surface area contributed by atoms with Crippen molar-refractivity contribution in [3.63, 3.8) is 0 Å². The van der Waals surface area contributed by atoms with Gasteiger partial charge in [0.25, 0.3) is 0 Å². The number of aromatic nitrogens is 1. The molecule has 0 radical (unpaired) electrons. The molecule has 0 amide bonds. The number of halogens is 1. The maximum atomic E-state index is 13.2.